The molecule has 2 N–H and O–H groups in total. The zero-order chi connectivity index (χ0) is 12.8. The molecule has 0 spiro atoms. The van der Waals surface area contributed by atoms with E-state index < -0.39 is 6.04 Å². The van der Waals surface area contributed by atoms with Crippen molar-refractivity contribution < 1.29 is 14.7 Å². The minimum atomic E-state index is -0.458. The maximum atomic E-state index is 12.0. The van der Waals surface area contributed by atoms with Crippen molar-refractivity contribution in [1.82, 2.24) is 10.2 Å². The van der Waals surface area contributed by atoms with Gasteiger partial charge in [-0.3, -0.25) is 9.59 Å². The number of amides is 2. The summed E-state index contributed by atoms with van der Waals surface area (Å²) in [6.45, 7) is 4.75. The van der Waals surface area contributed by atoms with Gasteiger partial charge in [0.25, 0.3) is 0 Å². The van der Waals surface area contributed by atoms with Crippen molar-refractivity contribution in [2.45, 2.75) is 39.2 Å². The Bertz CT molecular complexity index is 279. The fourth-order valence-electron chi connectivity index (χ4n) is 2.32. The van der Waals surface area contributed by atoms with Crippen molar-refractivity contribution in [3.8, 4) is 0 Å². The van der Waals surface area contributed by atoms with Gasteiger partial charge in [0.1, 0.15) is 6.04 Å². The molecule has 1 fully saturated rings. The maximum absolute atomic E-state index is 12.0. The average Bonchev–Trinajstić information content (AvgIpc) is 2.28. The minimum absolute atomic E-state index is 0.0251. The highest BCUT2D eigenvalue weighted by Crippen LogP contribution is 2.19. The lowest BCUT2D eigenvalue weighted by Crippen LogP contribution is -2.49. The lowest BCUT2D eigenvalue weighted by Gasteiger charge is -2.34. The third-order valence-electron chi connectivity index (χ3n) is 3.16. The summed E-state index contributed by atoms with van der Waals surface area (Å²) in [5.41, 5.74) is 0. The van der Waals surface area contributed by atoms with E-state index in [2.05, 4.69) is 5.32 Å². The number of nitrogens with one attached hydrogen (secondary N) is 1. The van der Waals surface area contributed by atoms with E-state index in [9.17, 15) is 9.59 Å². The number of rotatable bonds is 4. The van der Waals surface area contributed by atoms with E-state index in [4.69, 9.17) is 5.11 Å². The van der Waals surface area contributed by atoms with Gasteiger partial charge in [-0.2, -0.15) is 0 Å². The Morgan fingerprint density at radius 3 is 2.82 bits per heavy atom. The van der Waals surface area contributed by atoms with E-state index in [1.54, 1.807) is 11.8 Å². The Hall–Kier alpha value is -1.10. The molecule has 1 rings (SSSR count). The van der Waals surface area contributed by atoms with Crippen molar-refractivity contribution in [2.24, 2.45) is 5.92 Å². The lowest BCUT2D eigenvalue weighted by molar-refractivity contribution is -0.137. The van der Waals surface area contributed by atoms with Crippen molar-refractivity contribution in [1.29, 1.82) is 0 Å². The van der Waals surface area contributed by atoms with Crippen LogP contribution in [0.15, 0.2) is 0 Å². The Balaban J connectivity index is 2.48. The van der Waals surface area contributed by atoms with Crippen molar-refractivity contribution in [2.75, 3.05) is 19.7 Å². The van der Waals surface area contributed by atoms with Crippen LogP contribution in [0.2, 0.25) is 0 Å². The van der Waals surface area contributed by atoms with E-state index in [-0.39, 0.29) is 18.4 Å². The molecular weight excluding hydrogens is 220 g/mol. The molecule has 98 valence electrons. The second-order valence-corrected chi connectivity index (χ2v) is 4.73. The number of piperidine rings is 1. The predicted molar refractivity (Wildman–Crippen MR) is 64.3 cm³/mol. The minimum Gasteiger partial charge on any atom is -0.396 e. The summed E-state index contributed by atoms with van der Waals surface area (Å²) >= 11 is 0. The molecule has 17 heavy (non-hydrogen) atoms. The first-order valence-electron chi connectivity index (χ1n) is 6.21. The fourth-order valence-corrected chi connectivity index (χ4v) is 2.32. The summed E-state index contributed by atoms with van der Waals surface area (Å²) < 4.78 is 0. The third-order valence-corrected chi connectivity index (χ3v) is 3.16. The van der Waals surface area contributed by atoms with Crippen LogP contribution >= 0.6 is 0 Å². The predicted octanol–water partition coefficient (Wildman–Crippen LogP) is 0.132. The van der Waals surface area contributed by atoms with Gasteiger partial charge in [0.2, 0.25) is 11.8 Å². The molecule has 0 bridgehead atoms. The number of hydrogen-bond acceptors (Lipinski definition) is 3. The fraction of sp³-hybridized carbons (Fsp3) is 0.833. The first-order valence-corrected chi connectivity index (χ1v) is 6.21. The standard InChI is InChI=1S/C12H22N2O3/c1-9(13-10(2)16)12(17)14-6-3-4-11(8-14)5-7-15/h9,11,15H,3-8H2,1-2H3,(H,13,16). The number of carbonyl (C=O) groups is 2. The number of aliphatic hydroxyl groups excluding tert-OH is 1. The van der Waals surface area contributed by atoms with Crippen LogP contribution < -0.4 is 5.32 Å². The first-order chi connectivity index (χ1) is 8.04. The second kappa shape index (κ2) is 6.59. The van der Waals surface area contributed by atoms with Gasteiger partial charge < -0.3 is 15.3 Å². The number of nitrogens with zero attached hydrogens (tertiary/aromatic N) is 1. The third kappa shape index (κ3) is 4.34. The average molecular weight is 242 g/mol. The van der Waals surface area contributed by atoms with Gasteiger partial charge in [-0.05, 0) is 32.1 Å². The van der Waals surface area contributed by atoms with Gasteiger partial charge in [-0.15, -0.1) is 0 Å². The number of likely N-dealkylation sites (tertiary alicyclic amines) is 1. The van der Waals surface area contributed by atoms with E-state index in [0.29, 0.717) is 12.5 Å². The summed E-state index contributed by atoms with van der Waals surface area (Å²) in [7, 11) is 0. The normalized spacial score (nSPS) is 22.1. The monoisotopic (exact) mass is 242 g/mol. The van der Waals surface area contributed by atoms with Crippen molar-refractivity contribution in [3.05, 3.63) is 0 Å². The highest BCUT2D eigenvalue weighted by atomic mass is 16.3. The zero-order valence-corrected chi connectivity index (χ0v) is 10.6. The Labute approximate surface area is 102 Å². The van der Waals surface area contributed by atoms with Crippen LogP contribution in [0.25, 0.3) is 0 Å². The molecule has 5 heteroatoms. The molecule has 0 aromatic heterocycles. The quantitative estimate of drug-likeness (QED) is 0.736. The molecular formula is C12H22N2O3. The van der Waals surface area contributed by atoms with Crippen LogP contribution in [0, 0.1) is 5.92 Å². The molecule has 0 aromatic rings. The summed E-state index contributed by atoms with van der Waals surface area (Å²) in [4.78, 5) is 24.7. The largest absolute Gasteiger partial charge is 0.396 e. The summed E-state index contributed by atoms with van der Waals surface area (Å²) in [5, 5.41) is 11.5. The lowest BCUT2D eigenvalue weighted by atomic mass is 9.95. The Kier molecular flexibility index (Phi) is 5.41. The molecule has 2 atom stereocenters. The topological polar surface area (TPSA) is 69.6 Å². The molecule has 2 amide bonds. The molecule has 1 aliphatic heterocycles. The zero-order valence-electron chi connectivity index (χ0n) is 10.6. The molecule has 0 aliphatic carbocycles. The van der Waals surface area contributed by atoms with E-state index >= 15 is 0 Å². The van der Waals surface area contributed by atoms with Gasteiger partial charge in [0.05, 0.1) is 0 Å². The second-order valence-electron chi connectivity index (χ2n) is 4.73. The van der Waals surface area contributed by atoms with Gasteiger partial charge >= 0.3 is 0 Å². The highest BCUT2D eigenvalue weighted by Gasteiger charge is 2.26. The highest BCUT2D eigenvalue weighted by molar-refractivity contribution is 5.86. The summed E-state index contributed by atoms with van der Waals surface area (Å²) in [6.07, 6.45) is 2.79. The molecule has 1 heterocycles. The van der Waals surface area contributed by atoms with Crippen LogP contribution in [-0.2, 0) is 9.59 Å². The van der Waals surface area contributed by atoms with Crippen LogP contribution in [0.4, 0.5) is 0 Å². The molecule has 0 aromatic carbocycles. The Morgan fingerprint density at radius 1 is 1.53 bits per heavy atom. The summed E-state index contributed by atoms with van der Waals surface area (Å²) in [6, 6.07) is -0.458. The van der Waals surface area contributed by atoms with Crippen LogP contribution in [0.3, 0.4) is 0 Å². The number of aliphatic hydroxyl groups is 1. The van der Waals surface area contributed by atoms with E-state index in [1.165, 1.54) is 6.92 Å². The van der Waals surface area contributed by atoms with Crippen molar-refractivity contribution >= 4 is 11.8 Å². The molecule has 1 saturated heterocycles. The van der Waals surface area contributed by atoms with Crippen molar-refractivity contribution in [3.63, 3.8) is 0 Å². The van der Waals surface area contributed by atoms with Crippen LogP contribution in [0.1, 0.15) is 33.1 Å². The number of carbonyl (C=O) groups excluding carboxylic acids is 2. The molecule has 2 unspecified atom stereocenters. The van der Waals surface area contributed by atoms with Gasteiger partial charge in [-0.1, -0.05) is 0 Å². The number of hydrogen-bond donors (Lipinski definition) is 2. The van der Waals surface area contributed by atoms with E-state index in [1.807, 2.05) is 0 Å². The summed E-state index contributed by atoms with van der Waals surface area (Å²) in [5.74, 6) is 0.180. The molecule has 1 aliphatic rings. The first kappa shape index (κ1) is 14.0. The van der Waals surface area contributed by atoms with Crippen LogP contribution in [-0.4, -0.2) is 47.6 Å². The van der Waals surface area contributed by atoms with Crippen LogP contribution in [0.5, 0.6) is 0 Å². The Morgan fingerprint density at radius 2 is 2.24 bits per heavy atom. The maximum Gasteiger partial charge on any atom is 0.244 e. The van der Waals surface area contributed by atoms with E-state index in [0.717, 1.165) is 25.8 Å². The van der Waals surface area contributed by atoms with Gasteiger partial charge in [0, 0.05) is 26.6 Å². The van der Waals surface area contributed by atoms with Gasteiger partial charge in [0.15, 0.2) is 0 Å². The molecule has 0 saturated carbocycles. The molecule has 5 nitrogen and oxygen atoms in total. The smallest absolute Gasteiger partial charge is 0.244 e. The van der Waals surface area contributed by atoms with Gasteiger partial charge in [-0.25, -0.2) is 0 Å². The SMILES string of the molecule is CC(=O)NC(C)C(=O)N1CCCC(CCO)C1. The molecule has 0 radical (unpaired) electrons.